The number of fused-ring (bicyclic) bond motifs is 4. The maximum Gasteiger partial charge on any atom is 0.241 e. The molecule has 68 heavy (non-hydrogen) atoms. The van der Waals surface area contributed by atoms with Crippen LogP contribution in [-0.4, -0.2) is 51.7 Å². The first-order valence-electron chi connectivity index (χ1n) is 24.1. The van der Waals surface area contributed by atoms with Crippen LogP contribution in [0.3, 0.4) is 0 Å². The molecule has 0 aromatic heterocycles. The van der Waals surface area contributed by atoms with Gasteiger partial charge in [-0.15, -0.1) is 0 Å². The summed E-state index contributed by atoms with van der Waals surface area (Å²) in [7, 11) is -3.57. The van der Waals surface area contributed by atoms with E-state index in [9.17, 15) is 27.6 Å². The molecule has 4 heterocycles. The maximum atomic E-state index is 12.6. The Bertz CT molecular complexity index is 2700. The SMILES string of the molecule is CCCN1C(=O)CCc2cc(CN)ccc21.CCCN1C(=O)CCc2cc(CNS(=O)(=O)c3ccc(C)cc3C)ccc21.CCCN1C(=O)CCc2ccccc21.O=C1CCc2ccccc2N1. The molecule has 9 rings (SSSR count). The Morgan fingerprint density at radius 1 is 0.544 bits per heavy atom. The van der Waals surface area contributed by atoms with Crippen molar-refractivity contribution in [2.75, 3.05) is 39.7 Å². The van der Waals surface area contributed by atoms with E-state index in [0.29, 0.717) is 50.1 Å². The number of aryl methyl sites for hydroxylation is 6. The summed E-state index contributed by atoms with van der Waals surface area (Å²) in [5.74, 6) is 0.803. The van der Waals surface area contributed by atoms with Crippen molar-refractivity contribution in [2.24, 2.45) is 5.73 Å². The van der Waals surface area contributed by atoms with Gasteiger partial charge in [0.15, 0.2) is 0 Å². The van der Waals surface area contributed by atoms with E-state index < -0.39 is 10.0 Å². The Morgan fingerprint density at radius 3 is 1.59 bits per heavy atom. The van der Waals surface area contributed by atoms with Crippen molar-refractivity contribution in [1.29, 1.82) is 0 Å². The molecule has 4 amide bonds. The molecule has 5 aromatic rings. The largest absolute Gasteiger partial charge is 0.326 e. The van der Waals surface area contributed by atoms with Gasteiger partial charge in [0, 0.05) is 81.2 Å². The molecule has 0 bridgehead atoms. The topological polar surface area (TPSA) is 162 Å². The number of hydrogen-bond donors (Lipinski definition) is 3. The summed E-state index contributed by atoms with van der Waals surface area (Å²) in [6.07, 6.45) is 8.65. The molecule has 0 unspecified atom stereocenters. The molecule has 0 spiro atoms. The van der Waals surface area contributed by atoms with Crippen molar-refractivity contribution >= 4 is 56.4 Å². The Kier molecular flexibility index (Phi) is 18.3. The van der Waals surface area contributed by atoms with Gasteiger partial charge >= 0.3 is 0 Å². The fourth-order valence-corrected chi connectivity index (χ4v) is 10.3. The summed E-state index contributed by atoms with van der Waals surface area (Å²) < 4.78 is 28.0. The van der Waals surface area contributed by atoms with E-state index in [0.717, 1.165) is 102 Å². The highest BCUT2D eigenvalue weighted by atomic mass is 32.2. The molecule has 0 saturated heterocycles. The van der Waals surface area contributed by atoms with Gasteiger partial charge in [-0.3, -0.25) is 19.2 Å². The van der Waals surface area contributed by atoms with Crippen LogP contribution in [-0.2, 0) is 68.0 Å². The fourth-order valence-electron chi connectivity index (χ4n) is 9.04. The zero-order valence-corrected chi connectivity index (χ0v) is 41.2. The molecule has 5 aromatic carbocycles. The number of para-hydroxylation sites is 2. The highest BCUT2D eigenvalue weighted by molar-refractivity contribution is 7.89. The van der Waals surface area contributed by atoms with Gasteiger partial charge in [-0.05, 0) is 128 Å². The first kappa shape index (κ1) is 51.2. The number of benzene rings is 5. The molecule has 13 heteroatoms. The lowest BCUT2D eigenvalue weighted by Gasteiger charge is -2.29. The number of hydrogen-bond acceptors (Lipinski definition) is 7. The highest BCUT2D eigenvalue weighted by Crippen LogP contribution is 2.31. The van der Waals surface area contributed by atoms with Crippen LogP contribution < -0.4 is 30.5 Å². The lowest BCUT2D eigenvalue weighted by atomic mass is 9.98. The van der Waals surface area contributed by atoms with E-state index in [4.69, 9.17) is 5.73 Å². The average Bonchev–Trinajstić information content (AvgIpc) is 3.34. The molecule has 12 nitrogen and oxygen atoms in total. The van der Waals surface area contributed by atoms with E-state index in [1.54, 1.807) is 19.1 Å². The van der Waals surface area contributed by atoms with Crippen LogP contribution in [0.2, 0.25) is 0 Å². The number of sulfonamides is 1. The second-order valence-electron chi connectivity index (χ2n) is 17.7. The molecule has 4 N–H and O–H groups in total. The van der Waals surface area contributed by atoms with Gasteiger partial charge in [0.05, 0.1) is 4.90 Å². The molecule has 0 aliphatic carbocycles. The van der Waals surface area contributed by atoms with E-state index >= 15 is 0 Å². The van der Waals surface area contributed by atoms with Gasteiger partial charge in [-0.25, -0.2) is 13.1 Å². The third kappa shape index (κ3) is 13.1. The lowest BCUT2D eigenvalue weighted by Crippen LogP contribution is -2.35. The number of nitrogens with zero attached hydrogens (tertiary/aromatic N) is 3. The summed E-state index contributed by atoms with van der Waals surface area (Å²) in [5.41, 5.74) is 18.5. The number of carbonyl (C=O) groups excluding carboxylic acids is 4. The maximum absolute atomic E-state index is 12.6. The normalized spacial score (nSPS) is 14.9. The molecular formula is C55H68N6O6S. The van der Waals surface area contributed by atoms with Crippen LogP contribution in [0.5, 0.6) is 0 Å². The summed E-state index contributed by atoms with van der Waals surface area (Å²) >= 11 is 0. The van der Waals surface area contributed by atoms with Crippen LogP contribution in [0, 0.1) is 13.8 Å². The zero-order chi connectivity index (χ0) is 48.8. The monoisotopic (exact) mass is 940 g/mol. The lowest BCUT2D eigenvalue weighted by molar-refractivity contribution is -0.119. The van der Waals surface area contributed by atoms with Crippen molar-refractivity contribution in [3.05, 3.63) is 148 Å². The van der Waals surface area contributed by atoms with Gasteiger partial charge < -0.3 is 25.8 Å². The first-order valence-corrected chi connectivity index (χ1v) is 25.6. The quantitative estimate of drug-likeness (QED) is 0.119. The average molecular weight is 941 g/mol. The van der Waals surface area contributed by atoms with Crippen molar-refractivity contribution in [2.45, 2.75) is 123 Å². The molecule has 0 fully saturated rings. The molecule has 360 valence electrons. The second-order valence-corrected chi connectivity index (χ2v) is 19.4. The van der Waals surface area contributed by atoms with Crippen molar-refractivity contribution in [3.8, 4) is 0 Å². The molecule has 0 radical (unpaired) electrons. The van der Waals surface area contributed by atoms with E-state index in [1.165, 1.54) is 16.7 Å². The number of nitrogens with one attached hydrogen (secondary N) is 2. The predicted molar refractivity (Wildman–Crippen MR) is 273 cm³/mol. The third-order valence-corrected chi connectivity index (χ3v) is 14.0. The van der Waals surface area contributed by atoms with Gasteiger partial charge in [0.2, 0.25) is 33.7 Å². The predicted octanol–water partition coefficient (Wildman–Crippen LogP) is 9.25. The molecule has 4 aliphatic heterocycles. The Morgan fingerprint density at radius 2 is 1.03 bits per heavy atom. The smallest absolute Gasteiger partial charge is 0.241 e. The molecule has 0 saturated carbocycles. The van der Waals surface area contributed by atoms with E-state index in [-0.39, 0.29) is 30.2 Å². The van der Waals surface area contributed by atoms with Crippen LogP contribution in [0.15, 0.2) is 108 Å². The molecule has 4 aliphatic rings. The van der Waals surface area contributed by atoms with Crippen molar-refractivity contribution in [3.63, 3.8) is 0 Å². The summed E-state index contributed by atoms with van der Waals surface area (Å²) in [4.78, 5) is 52.5. The van der Waals surface area contributed by atoms with Crippen molar-refractivity contribution < 1.29 is 27.6 Å². The summed E-state index contributed by atoms with van der Waals surface area (Å²) in [6, 6.07) is 33.4. The minimum atomic E-state index is -3.57. The molecule has 0 atom stereocenters. The molecular weight excluding hydrogens is 873 g/mol. The number of carbonyl (C=O) groups is 4. The number of anilines is 4. The van der Waals surface area contributed by atoms with Crippen LogP contribution in [0.4, 0.5) is 22.7 Å². The van der Waals surface area contributed by atoms with Gasteiger partial charge in [0.25, 0.3) is 0 Å². The highest BCUT2D eigenvalue weighted by Gasteiger charge is 2.26. The third-order valence-electron chi connectivity index (χ3n) is 12.5. The number of amides is 4. The van der Waals surface area contributed by atoms with Gasteiger partial charge in [-0.1, -0.05) is 99.1 Å². The Labute approximate surface area is 403 Å². The Hall–Kier alpha value is -6.15. The van der Waals surface area contributed by atoms with Crippen molar-refractivity contribution in [1.82, 2.24) is 4.72 Å². The van der Waals surface area contributed by atoms with E-state index in [2.05, 4.69) is 49.0 Å². The minimum absolute atomic E-state index is 0.128. The van der Waals surface area contributed by atoms with Crippen LogP contribution in [0.25, 0.3) is 0 Å². The second kappa shape index (κ2) is 24.2. The van der Waals surface area contributed by atoms with Gasteiger partial charge in [0.1, 0.15) is 0 Å². The van der Waals surface area contributed by atoms with Gasteiger partial charge in [-0.2, -0.15) is 0 Å². The summed E-state index contributed by atoms with van der Waals surface area (Å²) in [6.45, 7) is 13.2. The number of rotatable bonds is 11. The Balaban J connectivity index is 0.000000159. The standard InChI is InChI=1S/C21H26N2O3S.C13H18N2O.C12H15NO.C9H9NO/c1-4-11-23-19-8-6-17(13-18(19)7-10-21(23)24)14-22-27(25,26)20-9-5-15(2)12-16(20)3;1-2-7-15-12-5-3-10(9-14)8-11(12)4-6-13(15)16;1-2-9-13-11-6-4-3-5-10(11)7-8-12(13)14;11-9-6-5-7-3-1-2-4-8(7)10-9/h5-6,8-9,12-13,22H,4,7,10-11,14H2,1-3H3;3,5,8H,2,4,6-7,9,14H2,1H3;3-6H,2,7-9H2,1H3;1-4H,5-6H2,(H,10,11). The fraction of sp³-hybridized carbons (Fsp3) is 0.382. The minimum Gasteiger partial charge on any atom is -0.326 e. The van der Waals surface area contributed by atoms with E-state index in [1.807, 2.05) is 94.4 Å². The number of nitrogens with two attached hydrogens (primary N) is 1. The first-order chi connectivity index (χ1) is 32.8. The zero-order valence-electron chi connectivity index (χ0n) is 40.4. The summed E-state index contributed by atoms with van der Waals surface area (Å²) in [5, 5.41) is 2.82. The van der Waals surface area contributed by atoms with Crippen LogP contribution >= 0.6 is 0 Å². The van der Waals surface area contributed by atoms with Crippen LogP contribution in [0.1, 0.15) is 110 Å².